The Bertz CT molecular complexity index is 286. The summed E-state index contributed by atoms with van der Waals surface area (Å²) in [6, 6.07) is 0. The largest absolute Gasteiger partial charge is 0.0993 e. The maximum atomic E-state index is 4.25. The molecule has 66 valence electrons. The van der Waals surface area contributed by atoms with E-state index in [0.717, 1.165) is 5.92 Å². The minimum Gasteiger partial charge on any atom is -0.0993 e. The number of hydrogen-bond donors (Lipinski definition) is 0. The van der Waals surface area contributed by atoms with Crippen LogP contribution in [0.2, 0.25) is 0 Å². The monoisotopic (exact) mass is 162 g/mol. The first-order chi connectivity index (χ1) is 5.47. The van der Waals surface area contributed by atoms with E-state index in [-0.39, 0.29) is 0 Å². The lowest BCUT2D eigenvalue weighted by Crippen LogP contribution is -2.41. The fraction of sp³-hybridized carbons (Fsp3) is 0.833. The SMILES string of the molecule is C=C1CC2C(C)(C)C23CCC13C. The maximum Gasteiger partial charge on any atom is -0.00542 e. The summed E-state index contributed by atoms with van der Waals surface area (Å²) in [5, 5.41) is 0. The Balaban J connectivity index is 2.12. The van der Waals surface area contributed by atoms with Crippen molar-refractivity contribution >= 4 is 0 Å². The van der Waals surface area contributed by atoms with Crippen molar-refractivity contribution in [3.8, 4) is 0 Å². The molecule has 1 spiro atoms. The molecule has 3 atom stereocenters. The maximum absolute atomic E-state index is 4.25. The molecule has 0 nitrogen and oxygen atoms in total. The van der Waals surface area contributed by atoms with E-state index < -0.39 is 0 Å². The minimum absolute atomic E-state index is 0.543. The molecule has 0 saturated heterocycles. The minimum atomic E-state index is 0.543. The van der Waals surface area contributed by atoms with Crippen molar-refractivity contribution in [1.82, 2.24) is 0 Å². The second-order valence-electron chi connectivity index (χ2n) is 5.89. The molecule has 0 bridgehead atoms. The number of rotatable bonds is 0. The van der Waals surface area contributed by atoms with Gasteiger partial charge in [0.05, 0.1) is 0 Å². The zero-order valence-electron chi connectivity index (χ0n) is 8.41. The van der Waals surface area contributed by atoms with Gasteiger partial charge in [0.1, 0.15) is 0 Å². The molecule has 0 heterocycles. The summed E-state index contributed by atoms with van der Waals surface area (Å²) >= 11 is 0. The zero-order chi connectivity index (χ0) is 8.78. The third-order valence-corrected chi connectivity index (χ3v) is 5.77. The molecule has 0 aromatic carbocycles. The van der Waals surface area contributed by atoms with E-state index in [0.29, 0.717) is 16.2 Å². The molecule has 3 rings (SSSR count). The standard InChI is InChI=1S/C12H18/c1-8-7-9-10(2,3)12(9)6-5-11(8,12)4/h9H,1,5-7H2,2-4H3. The summed E-state index contributed by atoms with van der Waals surface area (Å²) in [6.45, 7) is 11.6. The Morgan fingerprint density at radius 1 is 1.25 bits per heavy atom. The van der Waals surface area contributed by atoms with E-state index in [1.807, 2.05) is 0 Å². The third kappa shape index (κ3) is 0.372. The van der Waals surface area contributed by atoms with E-state index in [9.17, 15) is 0 Å². The van der Waals surface area contributed by atoms with Gasteiger partial charge in [-0.05, 0) is 41.4 Å². The molecule has 3 saturated carbocycles. The first-order valence-corrected chi connectivity index (χ1v) is 5.15. The number of hydrogen-bond acceptors (Lipinski definition) is 0. The first kappa shape index (κ1) is 7.17. The van der Waals surface area contributed by atoms with Crippen molar-refractivity contribution in [2.75, 3.05) is 0 Å². The highest BCUT2D eigenvalue weighted by Crippen LogP contribution is 2.91. The fourth-order valence-electron chi connectivity index (χ4n) is 4.72. The highest BCUT2D eigenvalue weighted by molar-refractivity contribution is 5.42. The lowest BCUT2D eigenvalue weighted by molar-refractivity contribution is 0.0409. The number of allylic oxidation sites excluding steroid dienone is 1. The molecule has 12 heavy (non-hydrogen) atoms. The summed E-state index contributed by atoms with van der Waals surface area (Å²) in [7, 11) is 0. The van der Waals surface area contributed by atoms with Gasteiger partial charge in [-0.2, -0.15) is 0 Å². The van der Waals surface area contributed by atoms with Crippen LogP contribution in [0.3, 0.4) is 0 Å². The summed E-state index contributed by atoms with van der Waals surface area (Å²) in [5.41, 5.74) is 3.44. The van der Waals surface area contributed by atoms with Gasteiger partial charge in [-0.25, -0.2) is 0 Å². The molecular formula is C12H18. The molecule has 3 unspecified atom stereocenters. The van der Waals surface area contributed by atoms with Crippen molar-refractivity contribution in [2.24, 2.45) is 22.2 Å². The van der Waals surface area contributed by atoms with E-state index in [1.165, 1.54) is 19.3 Å². The molecule has 3 aliphatic carbocycles. The van der Waals surface area contributed by atoms with Gasteiger partial charge in [-0.3, -0.25) is 0 Å². The van der Waals surface area contributed by atoms with Crippen molar-refractivity contribution in [2.45, 2.75) is 40.0 Å². The molecule has 0 amide bonds. The third-order valence-electron chi connectivity index (χ3n) is 5.77. The fourth-order valence-corrected chi connectivity index (χ4v) is 4.72. The summed E-state index contributed by atoms with van der Waals surface area (Å²) < 4.78 is 0. The van der Waals surface area contributed by atoms with Crippen LogP contribution in [0.5, 0.6) is 0 Å². The summed E-state index contributed by atoms with van der Waals surface area (Å²) in [6.07, 6.45) is 4.20. The molecular weight excluding hydrogens is 144 g/mol. The lowest BCUT2D eigenvalue weighted by Gasteiger charge is -2.50. The van der Waals surface area contributed by atoms with Crippen LogP contribution in [0.25, 0.3) is 0 Å². The van der Waals surface area contributed by atoms with Gasteiger partial charge in [-0.15, -0.1) is 0 Å². The van der Waals surface area contributed by atoms with Crippen LogP contribution in [-0.4, -0.2) is 0 Å². The van der Waals surface area contributed by atoms with Crippen LogP contribution >= 0.6 is 0 Å². The van der Waals surface area contributed by atoms with Gasteiger partial charge in [0, 0.05) is 0 Å². The van der Waals surface area contributed by atoms with Gasteiger partial charge in [0.25, 0.3) is 0 Å². The van der Waals surface area contributed by atoms with E-state index >= 15 is 0 Å². The summed E-state index contributed by atoms with van der Waals surface area (Å²) in [4.78, 5) is 0. The van der Waals surface area contributed by atoms with Crippen LogP contribution < -0.4 is 0 Å². The Labute approximate surface area is 75.0 Å². The molecule has 3 fully saturated rings. The van der Waals surface area contributed by atoms with Crippen molar-refractivity contribution in [3.63, 3.8) is 0 Å². The predicted molar refractivity (Wildman–Crippen MR) is 50.8 cm³/mol. The van der Waals surface area contributed by atoms with Crippen LogP contribution in [0.1, 0.15) is 40.0 Å². The second-order valence-corrected chi connectivity index (χ2v) is 5.89. The van der Waals surface area contributed by atoms with Crippen LogP contribution in [-0.2, 0) is 0 Å². The van der Waals surface area contributed by atoms with Gasteiger partial charge in [-0.1, -0.05) is 32.9 Å². The van der Waals surface area contributed by atoms with Crippen molar-refractivity contribution < 1.29 is 0 Å². The summed E-state index contributed by atoms with van der Waals surface area (Å²) in [5.74, 6) is 0.983. The van der Waals surface area contributed by atoms with Crippen LogP contribution in [0.15, 0.2) is 12.2 Å². The normalized spacial score (nSPS) is 58.9. The average Bonchev–Trinajstić information content (AvgIpc) is 2.41. The van der Waals surface area contributed by atoms with Crippen molar-refractivity contribution in [3.05, 3.63) is 12.2 Å². The molecule has 0 radical (unpaired) electrons. The Morgan fingerprint density at radius 3 is 2.25 bits per heavy atom. The van der Waals surface area contributed by atoms with E-state index in [1.54, 1.807) is 5.57 Å². The molecule has 0 aromatic heterocycles. The molecule has 0 heteroatoms. The molecule has 3 aliphatic rings. The quantitative estimate of drug-likeness (QED) is 0.479. The van der Waals surface area contributed by atoms with Gasteiger partial charge < -0.3 is 0 Å². The Kier molecular flexibility index (Phi) is 0.852. The second kappa shape index (κ2) is 1.42. The van der Waals surface area contributed by atoms with Gasteiger partial charge in [0.15, 0.2) is 0 Å². The van der Waals surface area contributed by atoms with Gasteiger partial charge in [0.2, 0.25) is 0 Å². The topological polar surface area (TPSA) is 0 Å². The van der Waals surface area contributed by atoms with E-state index in [4.69, 9.17) is 0 Å². The molecule has 0 N–H and O–H groups in total. The van der Waals surface area contributed by atoms with Gasteiger partial charge >= 0.3 is 0 Å². The highest BCUT2D eigenvalue weighted by atomic mass is 14.9. The highest BCUT2D eigenvalue weighted by Gasteiger charge is 2.84. The first-order valence-electron chi connectivity index (χ1n) is 5.15. The molecule has 0 aliphatic heterocycles. The Morgan fingerprint density at radius 2 is 1.92 bits per heavy atom. The smallest absolute Gasteiger partial charge is 0.00542 e. The zero-order valence-corrected chi connectivity index (χ0v) is 8.41. The van der Waals surface area contributed by atoms with Crippen LogP contribution in [0.4, 0.5) is 0 Å². The lowest BCUT2D eigenvalue weighted by atomic mass is 9.54. The van der Waals surface area contributed by atoms with E-state index in [2.05, 4.69) is 27.4 Å². The molecule has 0 aromatic rings. The average molecular weight is 162 g/mol. The van der Waals surface area contributed by atoms with Crippen LogP contribution in [0, 0.1) is 22.2 Å². The Hall–Kier alpha value is -0.260. The predicted octanol–water partition coefficient (Wildman–Crippen LogP) is 3.39. The van der Waals surface area contributed by atoms with Crippen molar-refractivity contribution in [1.29, 1.82) is 0 Å².